The first kappa shape index (κ1) is 19.0. The van der Waals surface area contributed by atoms with E-state index in [0.717, 1.165) is 34.1 Å². The number of methoxy groups -OCH3 is 2. The summed E-state index contributed by atoms with van der Waals surface area (Å²) in [6.45, 7) is 1.55. The van der Waals surface area contributed by atoms with Crippen LogP contribution in [-0.2, 0) is 4.79 Å². The molecule has 3 aromatic rings. The molecule has 0 radical (unpaired) electrons. The molecule has 7 heteroatoms. The van der Waals surface area contributed by atoms with Crippen LogP contribution in [0, 0.1) is 0 Å². The van der Waals surface area contributed by atoms with E-state index in [2.05, 4.69) is 4.57 Å². The molecule has 0 bridgehead atoms. The lowest BCUT2D eigenvalue weighted by molar-refractivity contribution is -0.111. The molecule has 7 nitrogen and oxygen atoms in total. The van der Waals surface area contributed by atoms with Gasteiger partial charge in [-0.25, -0.2) is 5.01 Å². The smallest absolute Gasteiger partial charge is 0.198 e. The number of benzene rings is 2. The summed E-state index contributed by atoms with van der Waals surface area (Å²) in [5.41, 5.74) is 3.75. The number of rotatable bonds is 5. The number of fused-ring (bicyclic) bond motifs is 3. The second-order valence-electron chi connectivity index (χ2n) is 7.35. The molecule has 1 atom stereocenters. The third-order valence-electron chi connectivity index (χ3n) is 5.54. The molecule has 1 aromatic heterocycles. The fourth-order valence-electron chi connectivity index (χ4n) is 4.02. The molecule has 0 fully saturated rings. The van der Waals surface area contributed by atoms with Crippen molar-refractivity contribution in [3.63, 3.8) is 0 Å². The summed E-state index contributed by atoms with van der Waals surface area (Å²) in [7, 11) is 3.28. The van der Waals surface area contributed by atoms with Crippen LogP contribution in [0.5, 0.6) is 11.5 Å². The molecule has 156 valence electrons. The second-order valence-corrected chi connectivity index (χ2v) is 7.35. The SMILES string of the molecule is COc1ccc(C2=Cn3cccc3C3N2C(C(C)=O)=NN3c2ccc(OC)cc2)cc1. The number of carbonyl (C=O) groups is 1. The number of ether oxygens (including phenoxy) is 2. The summed E-state index contributed by atoms with van der Waals surface area (Å²) in [6, 6.07) is 19.5. The molecule has 5 rings (SSSR count). The molecule has 2 aliphatic heterocycles. The van der Waals surface area contributed by atoms with Crippen molar-refractivity contribution in [2.24, 2.45) is 5.10 Å². The Labute approximate surface area is 180 Å². The summed E-state index contributed by atoms with van der Waals surface area (Å²) >= 11 is 0. The van der Waals surface area contributed by atoms with Crippen molar-refractivity contribution in [3.8, 4) is 11.5 Å². The van der Waals surface area contributed by atoms with Crippen LogP contribution in [0.25, 0.3) is 11.9 Å². The van der Waals surface area contributed by atoms with Gasteiger partial charge in [-0.05, 0) is 60.7 Å². The van der Waals surface area contributed by atoms with E-state index >= 15 is 0 Å². The number of hydrogen-bond acceptors (Lipinski definition) is 6. The number of hydrazone groups is 1. The first-order valence-electron chi connectivity index (χ1n) is 9.96. The number of ketones is 1. The minimum absolute atomic E-state index is 0.0968. The number of Topliss-reactive ketones (excluding diaryl/α,β-unsaturated/α-hetero) is 1. The molecule has 0 saturated heterocycles. The van der Waals surface area contributed by atoms with Gasteiger partial charge in [-0.2, -0.15) is 0 Å². The van der Waals surface area contributed by atoms with E-state index in [4.69, 9.17) is 14.6 Å². The lowest BCUT2D eigenvalue weighted by Gasteiger charge is -2.36. The van der Waals surface area contributed by atoms with Gasteiger partial charge in [-0.15, -0.1) is 5.10 Å². The van der Waals surface area contributed by atoms with Gasteiger partial charge in [0, 0.05) is 24.9 Å². The third-order valence-corrected chi connectivity index (χ3v) is 5.54. The topological polar surface area (TPSA) is 59.3 Å². The van der Waals surface area contributed by atoms with Crippen molar-refractivity contribution in [1.29, 1.82) is 0 Å². The first-order valence-corrected chi connectivity index (χ1v) is 9.96. The van der Waals surface area contributed by atoms with Gasteiger partial charge >= 0.3 is 0 Å². The van der Waals surface area contributed by atoms with Crippen molar-refractivity contribution in [1.82, 2.24) is 9.47 Å². The molecule has 0 saturated carbocycles. The molecular formula is C24H22N4O3. The zero-order valence-corrected chi connectivity index (χ0v) is 17.5. The Kier molecular flexibility index (Phi) is 4.51. The highest BCUT2D eigenvalue weighted by Gasteiger charge is 2.43. The summed E-state index contributed by atoms with van der Waals surface area (Å²) in [4.78, 5) is 14.6. The molecule has 0 amide bonds. The van der Waals surface area contributed by atoms with E-state index in [0.29, 0.717) is 5.84 Å². The van der Waals surface area contributed by atoms with Gasteiger partial charge < -0.3 is 14.0 Å². The lowest BCUT2D eigenvalue weighted by atomic mass is 10.1. The van der Waals surface area contributed by atoms with E-state index < -0.39 is 0 Å². The summed E-state index contributed by atoms with van der Waals surface area (Å²) in [6.07, 6.45) is 3.75. The normalized spacial score (nSPS) is 16.9. The molecule has 1 unspecified atom stereocenters. The van der Waals surface area contributed by atoms with Gasteiger partial charge in [-0.3, -0.25) is 9.69 Å². The fourth-order valence-corrected chi connectivity index (χ4v) is 4.02. The number of aromatic nitrogens is 1. The molecular weight excluding hydrogens is 392 g/mol. The van der Waals surface area contributed by atoms with Crippen LogP contribution in [0.2, 0.25) is 0 Å². The van der Waals surface area contributed by atoms with Gasteiger partial charge in [0.1, 0.15) is 11.5 Å². The molecule has 0 N–H and O–H groups in total. The van der Waals surface area contributed by atoms with Gasteiger partial charge in [0.05, 0.1) is 31.3 Å². The first-order chi connectivity index (χ1) is 15.1. The average Bonchev–Trinajstić information content (AvgIpc) is 3.43. The molecule has 2 aromatic carbocycles. The highest BCUT2D eigenvalue weighted by Crippen LogP contribution is 2.44. The minimum atomic E-state index is -0.288. The van der Waals surface area contributed by atoms with Gasteiger partial charge in [0.25, 0.3) is 0 Å². The Hall–Kier alpha value is -4.00. The fraction of sp³-hybridized carbons (Fsp3) is 0.167. The van der Waals surface area contributed by atoms with Crippen molar-refractivity contribution in [2.45, 2.75) is 13.1 Å². The summed E-state index contributed by atoms with van der Waals surface area (Å²) in [5.74, 6) is 1.84. The van der Waals surface area contributed by atoms with E-state index in [1.807, 2.05) is 83.0 Å². The van der Waals surface area contributed by atoms with Crippen LogP contribution in [-0.4, -0.2) is 35.3 Å². The van der Waals surface area contributed by atoms with Crippen LogP contribution in [0.15, 0.2) is 72.0 Å². The van der Waals surface area contributed by atoms with Gasteiger partial charge in [-0.1, -0.05) is 0 Å². The van der Waals surface area contributed by atoms with Crippen LogP contribution >= 0.6 is 0 Å². The largest absolute Gasteiger partial charge is 0.497 e. The van der Waals surface area contributed by atoms with Crippen LogP contribution in [0.3, 0.4) is 0 Å². The Balaban J connectivity index is 1.65. The number of hydrogen-bond donors (Lipinski definition) is 0. The number of anilines is 1. The second kappa shape index (κ2) is 7.36. The zero-order valence-electron chi connectivity index (χ0n) is 17.5. The number of amidine groups is 1. The highest BCUT2D eigenvalue weighted by atomic mass is 16.5. The van der Waals surface area contributed by atoms with Crippen molar-refractivity contribution in [3.05, 3.63) is 78.1 Å². The summed E-state index contributed by atoms with van der Waals surface area (Å²) in [5, 5.41) is 6.64. The van der Waals surface area contributed by atoms with Crippen molar-refractivity contribution in [2.75, 3.05) is 19.2 Å². The summed E-state index contributed by atoms with van der Waals surface area (Å²) < 4.78 is 12.7. The quantitative estimate of drug-likeness (QED) is 0.626. The maximum Gasteiger partial charge on any atom is 0.198 e. The minimum Gasteiger partial charge on any atom is -0.497 e. The average molecular weight is 414 g/mol. The molecule has 2 aliphatic rings. The van der Waals surface area contributed by atoms with Crippen LogP contribution in [0.4, 0.5) is 5.69 Å². The van der Waals surface area contributed by atoms with E-state index in [-0.39, 0.29) is 11.9 Å². The Bertz CT molecular complexity index is 1190. The Morgan fingerprint density at radius 1 is 0.935 bits per heavy atom. The number of nitrogens with zero attached hydrogens (tertiary/aromatic N) is 4. The van der Waals surface area contributed by atoms with E-state index in [1.165, 1.54) is 0 Å². The monoisotopic (exact) mass is 414 g/mol. The Morgan fingerprint density at radius 3 is 2.19 bits per heavy atom. The predicted molar refractivity (Wildman–Crippen MR) is 120 cm³/mol. The van der Waals surface area contributed by atoms with Gasteiger partial charge in [0.2, 0.25) is 0 Å². The zero-order chi connectivity index (χ0) is 21.5. The van der Waals surface area contributed by atoms with E-state index in [9.17, 15) is 4.79 Å². The van der Waals surface area contributed by atoms with Crippen LogP contribution < -0.4 is 14.5 Å². The molecule has 31 heavy (non-hydrogen) atoms. The lowest BCUT2D eigenvalue weighted by Crippen LogP contribution is -2.39. The van der Waals surface area contributed by atoms with Crippen LogP contribution in [0.1, 0.15) is 24.3 Å². The predicted octanol–water partition coefficient (Wildman–Crippen LogP) is 4.20. The third kappa shape index (κ3) is 3.06. The standard InChI is InChI=1S/C24H22N4O3/c1-16(29)23-25-28(18-8-12-20(31-3)13-9-18)24-21-5-4-14-26(21)15-22(27(23)24)17-6-10-19(30-2)11-7-17/h4-15,24H,1-3H3. The highest BCUT2D eigenvalue weighted by molar-refractivity contribution is 6.40. The van der Waals surface area contributed by atoms with Crippen molar-refractivity contribution < 1.29 is 14.3 Å². The maximum absolute atomic E-state index is 12.6. The number of carbonyl (C=O) groups excluding carboxylic acids is 1. The van der Waals surface area contributed by atoms with E-state index in [1.54, 1.807) is 21.1 Å². The molecule has 3 heterocycles. The van der Waals surface area contributed by atoms with Crippen molar-refractivity contribution >= 4 is 29.2 Å². The molecule has 0 aliphatic carbocycles. The van der Waals surface area contributed by atoms with Gasteiger partial charge in [0.15, 0.2) is 17.8 Å². The Morgan fingerprint density at radius 2 is 1.58 bits per heavy atom. The maximum atomic E-state index is 12.6. The molecule has 0 spiro atoms.